The molecule has 1 fully saturated rings. The van der Waals surface area contributed by atoms with Crippen molar-refractivity contribution in [2.75, 3.05) is 0 Å². The van der Waals surface area contributed by atoms with E-state index in [4.69, 9.17) is 9.47 Å². The van der Waals surface area contributed by atoms with Crippen molar-refractivity contribution in [1.29, 1.82) is 0 Å². The van der Waals surface area contributed by atoms with Crippen LogP contribution in [0.15, 0.2) is 73.0 Å². The molecule has 0 spiro atoms. The summed E-state index contributed by atoms with van der Waals surface area (Å²) in [7, 11) is 0. The minimum Gasteiger partial charge on any atom is -0.472 e. The first-order valence-corrected chi connectivity index (χ1v) is 6.52. The minimum atomic E-state index is -0.403. The van der Waals surface area contributed by atoms with Crippen LogP contribution in [0.3, 0.4) is 0 Å². The molecule has 19 heavy (non-hydrogen) atoms. The number of rotatable bonds is 2. The standard InChI is InChI=1S/C17H14O2/c1-3-7-13(8-4-1)17(14-9-5-2-6-10-14)15-11-12-18-16(15)19-17/h1-12,15-16H/t15-,16-/m1/s1. The first kappa shape index (κ1) is 10.8. The molecule has 2 aliphatic rings. The molecule has 1 saturated heterocycles. The van der Waals surface area contributed by atoms with E-state index in [1.54, 1.807) is 6.26 Å². The third-order valence-electron chi connectivity index (χ3n) is 3.97. The molecule has 2 atom stereocenters. The highest BCUT2D eigenvalue weighted by Gasteiger charge is 2.59. The van der Waals surface area contributed by atoms with Gasteiger partial charge in [-0.05, 0) is 17.2 Å². The second-order valence-corrected chi connectivity index (χ2v) is 4.94. The summed E-state index contributed by atoms with van der Waals surface area (Å²) < 4.78 is 11.6. The summed E-state index contributed by atoms with van der Waals surface area (Å²) >= 11 is 0. The van der Waals surface area contributed by atoms with Crippen molar-refractivity contribution >= 4 is 0 Å². The summed E-state index contributed by atoms with van der Waals surface area (Å²) in [6.45, 7) is 0. The molecule has 94 valence electrons. The first-order chi connectivity index (χ1) is 9.41. The fraction of sp³-hybridized carbons (Fsp3) is 0.176. The van der Waals surface area contributed by atoms with Gasteiger partial charge in [0.1, 0.15) is 5.60 Å². The lowest BCUT2D eigenvalue weighted by Crippen LogP contribution is -2.56. The predicted molar refractivity (Wildman–Crippen MR) is 72.3 cm³/mol. The van der Waals surface area contributed by atoms with Crippen molar-refractivity contribution < 1.29 is 9.47 Å². The van der Waals surface area contributed by atoms with Crippen LogP contribution >= 0.6 is 0 Å². The average Bonchev–Trinajstić information content (AvgIpc) is 2.85. The highest BCUT2D eigenvalue weighted by molar-refractivity contribution is 5.42. The summed E-state index contributed by atoms with van der Waals surface area (Å²) in [4.78, 5) is 0. The van der Waals surface area contributed by atoms with Gasteiger partial charge in [0.15, 0.2) is 0 Å². The van der Waals surface area contributed by atoms with Crippen LogP contribution in [0.1, 0.15) is 11.1 Å². The van der Waals surface area contributed by atoms with Gasteiger partial charge in [0, 0.05) is 0 Å². The number of hydrogen-bond donors (Lipinski definition) is 0. The quantitative estimate of drug-likeness (QED) is 0.812. The van der Waals surface area contributed by atoms with E-state index < -0.39 is 5.60 Å². The molecule has 0 saturated carbocycles. The Hall–Kier alpha value is -2.06. The van der Waals surface area contributed by atoms with Gasteiger partial charge in [-0.1, -0.05) is 60.7 Å². The summed E-state index contributed by atoms with van der Waals surface area (Å²) in [5, 5.41) is 0. The van der Waals surface area contributed by atoms with Gasteiger partial charge in [-0.2, -0.15) is 0 Å². The van der Waals surface area contributed by atoms with Crippen LogP contribution in [0.4, 0.5) is 0 Å². The molecule has 2 aromatic rings. The van der Waals surface area contributed by atoms with Gasteiger partial charge in [0.05, 0.1) is 12.2 Å². The van der Waals surface area contributed by atoms with E-state index >= 15 is 0 Å². The number of hydrogen-bond acceptors (Lipinski definition) is 2. The van der Waals surface area contributed by atoms with E-state index in [1.807, 2.05) is 12.1 Å². The molecule has 2 aromatic carbocycles. The minimum absolute atomic E-state index is 0.139. The SMILES string of the molecule is C1=C[C@@H]2[C@H](O1)OC2(c1ccccc1)c1ccccc1. The number of ether oxygens (including phenoxy) is 2. The van der Waals surface area contributed by atoms with E-state index in [-0.39, 0.29) is 12.2 Å². The Kier molecular flexibility index (Phi) is 2.26. The molecule has 0 N–H and O–H groups in total. The molecule has 2 aliphatic heterocycles. The molecule has 2 heteroatoms. The normalized spacial score (nSPS) is 26.3. The fourth-order valence-corrected chi connectivity index (χ4v) is 3.06. The van der Waals surface area contributed by atoms with Gasteiger partial charge < -0.3 is 9.47 Å². The Morgan fingerprint density at radius 2 is 1.37 bits per heavy atom. The Labute approximate surface area is 112 Å². The van der Waals surface area contributed by atoms with Crippen molar-refractivity contribution in [2.24, 2.45) is 5.92 Å². The van der Waals surface area contributed by atoms with Crippen molar-refractivity contribution in [1.82, 2.24) is 0 Å². The van der Waals surface area contributed by atoms with Crippen molar-refractivity contribution in [2.45, 2.75) is 11.9 Å². The highest BCUT2D eigenvalue weighted by atomic mass is 16.7. The molecule has 0 amide bonds. The van der Waals surface area contributed by atoms with E-state index in [0.717, 1.165) is 0 Å². The van der Waals surface area contributed by atoms with E-state index in [1.165, 1.54) is 11.1 Å². The largest absolute Gasteiger partial charge is 0.472 e. The summed E-state index contributed by atoms with van der Waals surface area (Å²) in [6.07, 6.45) is 3.72. The molecule has 0 radical (unpaired) electrons. The monoisotopic (exact) mass is 250 g/mol. The van der Waals surface area contributed by atoms with Crippen molar-refractivity contribution in [3.63, 3.8) is 0 Å². The molecule has 2 nitrogen and oxygen atoms in total. The van der Waals surface area contributed by atoms with Gasteiger partial charge in [-0.25, -0.2) is 0 Å². The van der Waals surface area contributed by atoms with Crippen LogP contribution in [-0.2, 0) is 15.1 Å². The summed E-state index contributed by atoms with van der Waals surface area (Å²) in [5.41, 5.74) is 1.95. The van der Waals surface area contributed by atoms with Gasteiger partial charge in [0.2, 0.25) is 6.29 Å². The van der Waals surface area contributed by atoms with Crippen molar-refractivity contribution in [3.8, 4) is 0 Å². The molecule has 2 heterocycles. The van der Waals surface area contributed by atoms with Crippen LogP contribution in [0, 0.1) is 5.92 Å². The highest BCUT2D eigenvalue weighted by Crippen LogP contribution is 2.54. The Morgan fingerprint density at radius 3 is 1.89 bits per heavy atom. The zero-order chi connectivity index (χ0) is 12.7. The smallest absolute Gasteiger partial charge is 0.210 e. The Morgan fingerprint density at radius 1 is 0.789 bits per heavy atom. The van der Waals surface area contributed by atoms with Gasteiger partial charge in [-0.3, -0.25) is 0 Å². The van der Waals surface area contributed by atoms with Crippen LogP contribution < -0.4 is 0 Å². The van der Waals surface area contributed by atoms with E-state index in [0.29, 0.717) is 0 Å². The molecule has 0 unspecified atom stereocenters. The lowest BCUT2D eigenvalue weighted by atomic mass is 9.71. The Balaban J connectivity index is 1.88. The van der Waals surface area contributed by atoms with Crippen LogP contribution in [0.25, 0.3) is 0 Å². The third-order valence-corrected chi connectivity index (χ3v) is 3.97. The van der Waals surface area contributed by atoms with Crippen molar-refractivity contribution in [3.05, 3.63) is 84.1 Å². The maximum absolute atomic E-state index is 6.14. The van der Waals surface area contributed by atoms with Gasteiger partial charge in [0.25, 0.3) is 0 Å². The maximum atomic E-state index is 6.14. The number of fused-ring (bicyclic) bond motifs is 1. The zero-order valence-corrected chi connectivity index (χ0v) is 10.4. The molecule has 0 bridgehead atoms. The topological polar surface area (TPSA) is 18.5 Å². The van der Waals surface area contributed by atoms with E-state index in [2.05, 4.69) is 54.6 Å². The molecular weight excluding hydrogens is 236 g/mol. The average molecular weight is 250 g/mol. The fourth-order valence-electron chi connectivity index (χ4n) is 3.06. The predicted octanol–water partition coefficient (Wildman–Crippen LogP) is 3.45. The lowest BCUT2D eigenvalue weighted by Gasteiger charge is -2.51. The lowest BCUT2D eigenvalue weighted by molar-refractivity contribution is -0.302. The second kappa shape index (κ2) is 3.97. The van der Waals surface area contributed by atoms with Gasteiger partial charge in [-0.15, -0.1) is 0 Å². The van der Waals surface area contributed by atoms with Crippen LogP contribution in [0.5, 0.6) is 0 Å². The van der Waals surface area contributed by atoms with Gasteiger partial charge >= 0.3 is 0 Å². The zero-order valence-electron chi connectivity index (χ0n) is 10.4. The first-order valence-electron chi connectivity index (χ1n) is 6.52. The summed E-state index contributed by atoms with van der Waals surface area (Å²) in [6, 6.07) is 20.7. The van der Waals surface area contributed by atoms with Crippen LogP contribution in [0.2, 0.25) is 0 Å². The second-order valence-electron chi connectivity index (χ2n) is 4.94. The van der Waals surface area contributed by atoms with Crippen LogP contribution in [-0.4, -0.2) is 6.29 Å². The third kappa shape index (κ3) is 1.41. The molecule has 4 rings (SSSR count). The Bertz CT molecular complexity index is 564. The van der Waals surface area contributed by atoms with E-state index in [9.17, 15) is 0 Å². The summed E-state index contributed by atoms with van der Waals surface area (Å²) in [5.74, 6) is 0.247. The number of benzene rings is 2. The molecule has 0 aliphatic carbocycles. The maximum Gasteiger partial charge on any atom is 0.210 e. The molecular formula is C17H14O2. The molecule has 0 aromatic heterocycles.